The number of amides is 2. The molecule has 2 aromatic carbocycles. The van der Waals surface area contributed by atoms with Crippen LogP contribution in [0.15, 0.2) is 58.6 Å². The summed E-state index contributed by atoms with van der Waals surface area (Å²) in [6, 6.07) is 14.1. The van der Waals surface area contributed by atoms with Crippen molar-refractivity contribution in [1.29, 1.82) is 0 Å². The lowest BCUT2D eigenvalue weighted by molar-refractivity contribution is -0.117. The van der Waals surface area contributed by atoms with E-state index in [4.69, 9.17) is 11.6 Å². The van der Waals surface area contributed by atoms with Crippen molar-refractivity contribution >= 4 is 51.1 Å². The summed E-state index contributed by atoms with van der Waals surface area (Å²) in [6.07, 6.45) is 1.56. The second kappa shape index (κ2) is 5.94. The maximum Gasteiger partial charge on any atom is 0.282 e. The van der Waals surface area contributed by atoms with Gasteiger partial charge in [0.2, 0.25) is 0 Å². The van der Waals surface area contributed by atoms with Gasteiger partial charge in [0, 0.05) is 9.50 Å². The normalized spacial score (nSPS) is 16.3. The number of rotatable bonds is 2. The molecular formula is C16H10BrClN2O2. The number of carbonyl (C=O) groups excluding carboxylic acids is 2. The standard InChI is InChI=1S/C16H10BrClN2O2/c17-11-4-1-3-10(7-11)8-14-15(21)19-20(16(14)22)13-6-2-5-12(18)9-13/h1-9H,(H,19,21). The number of benzene rings is 2. The number of nitrogens with one attached hydrogen (secondary N) is 1. The molecule has 0 spiro atoms. The smallest absolute Gasteiger partial charge is 0.267 e. The van der Waals surface area contributed by atoms with Gasteiger partial charge in [0.05, 0.1) is 5.69 Å². The van der Waals surface area contributed by atoms with Crippen molar-refractivity contribution in [2.45, 2.75) is 0 Å². The summed E-state index contributed by atoms with van der Waals surface area (Å²) in [5.41, 5.74) is 3.90. The minimum Gasteiger partial charge on any atom is -0.267 e. The number of anilines is 1. The first-order chi connectivity index (χ1) is 10.5. The highest BCUT2D eigenvalue weighted by Crippen LogP contribution is 2.24. The van der Waals surface area contributed by atoms with E-state index in [0.29, 0.717) is 10.7 Å². The Morgan fingerprint density at radius 1 is 1.09 bits per heavy atom. The fourth-order valence-electron chi connectivity index (χ4n) is 2.12. The average Bonchev–Trinajstić information content (AvgIpc) is 2.75. The van der Waals surface area contributed by atoms with E-state index in [2.05, 4.69) is 21.4 Å². The largest absolute Gasteiger partial charge is 0.282 e. The molecule has 1 fully saturated rings. The molecule has 1 N–H and O–H groups in total. The Hall–Kier alpha value is -2.11. The number of hydrazine groups is 1. The summed E-state index contributed by atoms with van der Waals surface area (Å²) in [6.45, 7) is 0. The van der Waals surface area contributed by atoms with Crippen LogP contribution in [-0.4, -0.2) is 11.8 Å². The van der Waals surface area contributed by atoms with Crippen molar-refractivity contribution in [1.82, 2.24) is 5.43 Å². The van der Waals surface area contributed by atoms with Crippen LogP contribution in [0.5, 0.6) is 0 Å². The Kier molecular flexibility index (Phi) is 4.00. The van der Waals surface area contributed by atoms with Crippen molar-refractivity contribution < 1.29 is 9.59 Å². The first-order valence-electron chi connectivity index (χ1n) is 6.43. The Morgan fingerprint density at radius 2 is 1.86 bits per heavy atom. The molecule has 110 valence electrons. The van der Waals surface area contributed by atoms with Crippen LogP contribution in [0, 0.1) is 0 Å². The summed E-state index contributed by atoms with van der Waals surface area (Å²) in [5.74, 6) is -0.850. The van der Waals surface area contributed by atoms with E-state index in [0.717, 1.165) is 10.0 Å². The third-order valence-corrected chi connectivity index (χ3v) is 3.85. The number of halogens is 2. The first kappa shape index (κ1) is 14.8. The Balaban J connectivity index is 1.95. The SMILES string of the molecule is O=C1NN(c2cccc(Cl)c2)C(=O)C1=Cc1cccc(Br)c1. The van der Waals surface area contributed by atoms with E-state index in [9.17, 15) is 9.59 Å². The number of nitrogens with zero attached hydrogens (tertiary/aromatic N) is 1. The summed E-state index contributed by atoms with van der Waals surface area (Å²) in [4.78, 5) is 24.5. The second-order valence-electron chi connectivity index (χ2n) is 4.67. The van der Waals surface area contributed by atoms with Gasteiger partial charge in [-0.2, -0.15) is 0 Å². The van der Waals surface area contributed by atoms with Crippen LogP contribution in [0.4, 0.5) is 5.69 Å². The molecule has 2 amide bonds. The fourth-order valence-corrected chi connectivity index (χ4v) is 2.72. The van der Waals surface area contributed by atoms with E-state index < -0.39 is 11.8 Å². The molecule has 2 aromatic rings. The maximum absolute atomic E-state index is 12.4. The number of carbonyl (C=O) groups is 2. The van der Waals surface area contributed by atoms with Crippen LogP contribution in [0.1, 0.15) is 5.56 Å². The summed E-state index contributed by atoms with van der Waals surface area (Å²) >= 11 is 9.28. The zero-order valence-corrected chi connectivity index (χ0v) is 13.6. The molecular weight excluding hydrogens is 368 g/mol. The molecule has 0 radical (unpaired) electrons. The Labute approximate surface area is 140 Å². The molecule has 1 saturated heterocycles. The maximum atomic E-state index is 12.4. The predicted molar refractivity (Wildman–Crippen MR) is 89.2 cm³/mol. The minimum atomic E-state index is -0.440. The van der Waals surface area contributed by atoms with Crippen LogP contribution < -0.4 is 10.4 Å². The van der Waals surface area contributed by atoms with E-state index >= 15 is 0 Å². The van der Waals surface area contributed by atoms with E-state index in [1.165, 1.54) is 5.01 Å². The molecule has 1 aliphatic heterocycles. The van der Waals surface area contributed by atoms with Gasteiger partial charge in [-0.25, -0.2) is 5.01 Å². The molecule has 0 atom stereocenters. The van der Waals surface area contributed by atoms with Gasteiger partial charge in [-0.1, -0.05) is 45.7 Å². The van der Waals surface area contributed by atoms with Crippen LogP contribution in [0.3, 0.4) is 0 Å². The highest BCUT2D eigenvalue weighted by Gasteiger charge is 2.34. The van der Waals surface area contributed by atoms with Crippen molar-refractivity contribution in [3.05, 3.63) is 69.2 Å². The van der Waals surface area contributed by atoms with Crippen LogP contribution >= 0.6 is 27.5 Å². The summed E-state index contributed by atoms with van der Waals surface area (Å²) < 4.78 is 0.874. The highest BCUT2D eigenvalue weighted by atomic mass is 79.9. The summed E-state index contributed by atoms with van der Waals surface area (Å²) in [5, 5.41) is 1.68. The van der Waals surface area contributed by atoms with Gasteiger partial charge in [-0.05, 0) is 42.0 Å². The quantitative estimate of drug-likeness (QED) is 0.642. The van der Waals surface area contributed by atoms with Crippen molar-refractivity contribution in [2.75, 3.05) is 5.01 Å². The molecule has 4 nitrogen and oxygen atoms in total. The lowest BCUT2D eigenvalue weighted by atomic mass is 10.1. The molecule has 1 heterocycles. The first-order valence-corrected chi connectivity index (χ1v) is 7.60. The van der Waals surface area contributed by atoms with Crippen LogP contribution in [0.2, 0.25) is 5.02 Å². The molecule has 22 heavy (non-hydrogen) atoms. The molecule has 0 aromatic heterocycles. The molecule has 3 rings (SSSR count). The van der Waals surface area contributed by atoms with E-state index in [1.807, 2.05) is 24.3 Å². The number of hydrogen-bond donors (Lipinski definition) is 1. The fraction of sp³-hybridized carbons (Fsp3) is 0. The lowest BCUT2D eigenvalue weighted by Crippen LogP contribution is -2.35. The minimum absolute atomic E-state index is 0.0816. The zero-order valence-electron chi connectivity index (χ0n) is 11.2. The topological polar surface area (TPSA) is 49.4 Å². The van der Waals surface area contributed by atoms with Gasteiger partial charge in [-0.3, -0.25) is 15.0 Å². The van der Waals surface area contributed by atoms with Crippen molar-refractivity contribution in [3.63, 3.8) is 0 Å². The lowest BCUT2D eigenvalue weighted by Gasteiger charge is -2.14. The van der Waals surface area contributed by atoms with Gasteiger partial charge in [0.25, 0.3) is 11.8 Å². The highest BCUT2D eigenvalue weighted by molar-refractivity contribution is 9.10. The molecule has 0 bridgehead atoms. The third kappa shape index (κ3) is 2.91. The molecule has 0 unspecified atom stereocenters. The van der Waals surface area contributed by atoms with Gasteiger partial charge in [-0.15, -0.1) is 0 Å². The van der Waals surface area contributed by atoms with Gasteiger partial charge >= 0.3 is 0 Å². The second-order valence-corrected chi connectivity index (χ2v) is 6.03. The van der Waals surface area contributed by atoms with Gasteiger partial charge in [0.15, 0.2) is 0 Å². The number of hydrogen-bond acceptors (Lipinski definition) is 2. The molecule has 0 aliphatic carbocycles. The average molecular weight is 378 g/mol. The molecule has 6 heteroatoms. The molecule has 1 aliphatic rings. The van der Waals surface area contributed by atoms with Crippen molar-refractivity contribution in [3.8, 4) is 0 Å². The monoisotopic (exact) mass is 376 g/mol. The summed E-state index contributed by atoms with van der Waals surface area (Å²) in [7, 11) is 0. The van der Waals surface area contributed by atoms with Gasteiger partial charge in [0.1, 0.15) is 5.57 Å². The predicted octanol–water partition coefficient (Wildman–Crippen LogP) is 3.56. The van der Waals surface area contributed by atoms with Crippen LogP contribution in [0.25, 0.3) is 6.08 Å². The van der Waals surface area contributed by atoms with E-state index in [-0.39, 0.29) is 5.57 Å². The van der Waals surface area contributed by atoms with Crippen molar-refractivity contribution in [2.24, 2.45) is 0 Å². The Morgan fingerprint density at radius 3 is 2.59 bits per heavy atom. The van der Waals surface area contributed by atoms with Gasteiger partial charge < -0.3 is 0 Å². The van der Waals surface area contributed by atoms with Crippen LogP contribution in [-0.2, 0) is 9.59 Å². The third-order valence-electron chi connectivity index (χ3n) is 3.12. The van der Waals surface area contributed by atoms with E-state index in [1.54, 1.807) is 30.3 Å². The Bertz CT molecular complexity index is 804. The zero-order chi connectivity index (χ0) is 15.7. The molecule has 0 saturated carbocycles.